The molecule has 0 bridgehead atoms. The van der Waals surface area contributed by atoms with E-state index in [9.17, 15) is 15.0 Å². The minimum atomic E-state index is -0.657. The molecule has 0 aliphatic rings. The quantitative estimate of drug-likeness (QED) is 0.409. The lowest BCUT2D eigenvalue weighted by molar-refractivity contribution is 0.262. The number of hydrogen-bond acceptors (Lipinski definition) is 6. The number of nitrogens with one attached hydrogen (secondary N) is 2. The van der Waals surface area contributed by atoms with Gasteiger partial charge >= 0.3 is 6.03 Å². The van der Waals surface area contributed by atoms with Crippen molar-refractivity contribution in [3.05, 3.63) is 30.6 Å². The number of phenolic OH excluding ortho intramolecular Hbond substituents is 3. The van der Waals surface area contributed by atoms with Gasteiger partial charge in [-0.25, -0.2) is 14.8 Å². The van der Waals surface area contributed by atoms with Crippen molar-refractivity contribution in [2.24, 2.45) is 0 Å². The Bertz CT molecular complexity index is 580. The first kappa shape index (κ1) is 12.4. The fourth-order valence-electron chi connectivity index (χ4n) is 1.30. The van der Waals surface area contributed by atoms with Crippen LogP contribution in [-0.2, 0) is 0 Å². The third kappa shape index (κ3) is 3.00. The number of carbonyl (C=O) groups excluding carboxylic acids is 1. The van der Waals surface area contributed by atoms with Gasteiger partial charge in [0.25, 0.3) is 0 Å². The molecule has 0 aliphatic carbocycles. The standard InChI is InChI=1S/C11H10N4O4/c16-7-4-6(5-8(17)9(7)18)14-11(19)15-10-12-2-1-3-13-10/h1-5,16-18H,(H2,12,13,14,15,19). The van der Waals surface area contributed by atoms with E-state index in [4.69, 9.17) is 5.11 Å². The van der Waals surface area contributed by atoms with Crippen LogP contribution in [-0.4, -0.2) is 31.3 Å². The average molecular weight is 262 g/mol. The largest absolute Gasteiger partial charge is 0.504 e. The van der Waals surface area contributed by atoms with Crippen molar-refractivity contribution in [1.82, 2.24) is 9.97 Å². The normalized spacial score (nSPS) is 9.89. The Morgan fingerprint density at radius 3 is 2.16 bits per heavy atom. The Kier molecular flexibility index (Phi) is 3.33. The summed E-state index contributed by atoms with van der Waals surface area (Å²) < 4.78 is 0. The predicted molar refractivity (Wildman–Crippen MR) is 66.1 cm³/mol. The second-order valence-electron chi connectivity index (χ2n) is 3.51. The maximum absolute atomic E-state index is 11.6. The number of nitrogens with zero attached hydrogens (tertiary/aromatic N) is 2. The van der Waals surface area contributed by atoms with Gasteiger partial charge in [0.05, 0.1) is 5.69 Å². The number of aromatic nitrogens is 2. The van der Waals surface area contributed by atoms with E-state index < -0.39 is 23.3 Å². The molecular weight excluding hydrogens is 252 g/mol. The minimum Gasteiger partial charge on any atom is -0.504 e. The summed E-state index contributed by atoms with van der Waals surface area (Å²) in [5, 5.41) is 32.4. The third-order valence-electron chi connectivity index (χ3n) is 2.12. The number of aromatic hydroxyl groups is 3. The molecule has 0 radical (unpaired) electrons. The Morgan fingerprint density at radius 2 is 1.58 bits per heavy atom. The summed E-state index contributed by atoms with van der Waals surface area (Å²) in [6, 6.07) is 3.11. The summed E-state index contributed by atoms with van der Waals surface area (Å²) in [6.45, 7) is 0. The molecule has 1 aromatic carbocycles. The van der Waals surface area contributed by atoms with E-state index >= 15 is 0 Å². The molecule has 2 aromatic rings. The van der Waals surface area contributed by atoms with Crippen molar-refractivity contribution in [3.63, 3.8) is 0 Å². The fourth-order valence-corrected chi connectivity index (χ4v) is 1.30. The van der Waals surface area contributed by atoms with Crippen LogP contribution >= 0.6 is 0 Å². The van der Waals surface area contributed by atoms with Gasteiger partial charge in [0, 0.05) is 24.5 Å². The molecule has 0 atom stereocenters. The molecule has 8 nitrogen and oxygen atoms in total. The van der Waals surface area contributed by atoms with Gasteiger partial charge in [-0.2, -0.15) is 0 Å². The Hall–Kier alpha value is -3.03. The van der Waals surface area contributed by atoms with Crippen LogP contribution in [0.15, 0.2) is 30.6 Å². The second kappa shape index (κ2) is 5.08. The molecule has 0 saturated heterocycles. The molecule has 1 aromatic heterocycles. The molecule has 0 aliphatic heterocycles. The van der Waals surface area contributed by atoms with Gasteiger partial charge in [0.15, 0.2) is 17.2 Å². The number of urea groups is 1. The van der Waals surface area contributed by atoms with Crippen molar-refractivity contribution in [2.75, 3.05) is 10.6 Å². The molecule has 19 heavy (non-hydrogen) atoms. The van der Waals surface area contributed by atoms with E-state index in [1.165, 1.54) is 12.4 Å². The highest BCUT2D eigenvalue weighted by Gasteiger charge is 2.10. The molecule has 1 heterocycles. The monoisotopic (exact) mass is 262 g/mol. The Morgan fingerprint density at radius 1 is 1.00 bits per heavy atom. The van der Waals surface area contributed by atoms with Crippen molar-refractivity contribution in [3.8, 4) is 17.2 Å². The third-order valence-corrected chi connectivity index (χ3v) is 2.12. The second-order valence-corrected chi connectivity index (χ2v) is 3.51. The summed E-state index contributed by atoms with van der Waals surface area (Å²) in [5.74, 6) is -1.65. The number of benzene rings is 1. The summed E-state index contributed by atoms with van der Waals surface area (Å²) in [4.78, 5) is 19.1. The van der Waals surface area contributed by atoms with Crippen LogP contribution in [0, 0.1) is 0 Å². The highest BCUT2D eigenvalue weighted by atomic mass is 16.3. The number of carbonyl (C=O) groups is 1. The molecule has 5 N–H and O–H groups in total. The zero-order valence-electron chi connectivity index (χ0n) is 9.53. The molecule has 8 heteroatoms. The maximum atomic E-state index is 11.6. The Balaban J connectivity index is 2.07. The van der Waals surface area contributed by atoms with Gasteiger partial charge in [-0.3, -0.25) is 5.32 Å². The molecule has 2 amide bonds. The van der Waals surface area contributed by atoms with Crippen LogP contribution in [0.3, 0.4) is 0 Å². The minimum absolute atomic E-state index is 0.0984. The van der Waals surface area contributed by atoms with Crippen LogP contribution in [0.2, 0.25) is 0 Å². The first-order valence-electron chi connectivity index (χ1n) is 5.16. The fraction of sp³-hybridized carbons (Fsp3) is 0. The molecule has 0 unspecified atom stereocenters. The zero-order chi connectivity index (χ0) is 13.8. The molecule has 0 saturated carbocycles. The molecule has 0 spiro atoms. The van der Waals surface area contributed by atoms with Gasteiger partial charge < -0.3 is 20.6 Å². The first-order chi connectivity index (χ1) is 9.06. The van der Waals surface area contributed by atoms with E-state index in [0.717, 1.165) is 12.1 Å². The summed E-state index contributed by atoms with van der Waals surface area (Å²) in [7, 11) is 0. The predicted octanol–water partition coefficient (Wildman–Crippen LogP) is 1.24. The number of anilines is 2. The van der Waals surface area contributed by atoms with Gasteiger partial charge in [-0.15, -0.1) is 0 Å². The van der Waals surface area contributed by atoms with E-state index in [1.807, 2.05) is 0 Å². The summed E-state index contributed by atoms with van der Waals surface area (Å²) in [5.41, 5.74) is 0.0984. The van der Waals surface area contributed by atoms with Crippen LogP contribution < -0.4 is 10.6 Å². The molecule has 98 valence electrons. The van der Waals surface area contributed by atoms with Crippen molar-refractivity contribution >= 4 is 17.7 Å². The topological polar surface area (TPSA) is 128 Å². The summed E-state index contributed by atoms with van der Waals surface area (Å²) >= 11 is 0. The van der Waals surface area contributed by atoms with Crippen molar-refractivity contribution in [2.45, 2.75) is 0 Å². The smallest absolute Gasteiger partial charge is 0.326 e. The van der Waals surface area contributed by atoms with E-state index in [0.29, 0.717) is 0 Å². The van der Waals surface area contributed by atoms with Gasteiger partial charge in [-0.05, 0) is 6.07 Å². The van der Waals surface area contributed by atoms with Gasteiger partial charge in [0.1, 0.15) is 0 Å². The molecule has 2 rings (SSSR count). The van der Waals surface area contributed by atoms with Gasteiger partial charge in [0.2, 0.25) is 5.95 Å². The van der Waals surface area contributed by atoms with Crippen LogP contribution in [0.25, 0.3) is 0 Å². The van der Waals surface area contributed by atoms with E-state index in [-0.39, 0.29) is 11.6 Å². The van der Waals surface area contributed by atoms with E-state index in [2.05, 4.69) is 20.6 Å². The van der Waals surface area contributed by atoms with Crippen LogP contribution in [0.1, 0.15) is 0 Å². The average Bonchev–Trinajstić information content (AvgIpc) is 2.37. The lowest BCUT2D eigenvalue weighted by Crippen LogP contribution is -2.20. The van der Waals surface area contributed by atoms with Gasteiger partial charge in [-0.1, -0.05) is 0 Å². The van der Waals surface area contributed by atoms with Crippen LogP contribution in [0.4, 0.5) is 16.4 Å². The first-order valence-corrected chi connectivity index (χ1v) is 5.16. The van der Waals surface area contributed by atoms with Crippen LogP contribution in [0.5, 0.6) is 17.2 Å². The maximum Gasteiger partial charge on any atom is 0.326 e. The lowest BCUT2D eigenvalue weighted by atomic mass is 10.2. The summed E-state index contributed by atoms with van der Waals surface area (Å²) in [6.07, 6.45) is 2.92. The SMILES string of the molecule is O=C(Nc1cc(O)c(O)c(O)c1)Nc1ncccn1. The molecule has 0 fully saturated rings. The molecular formula is C11H10N4O4. The number of hydrogen-bond donors (Lipinski definition) is 5. The number of phenols is 3. The zero-order valence-corrected chi connectivity index (χ0v) is 9.53. The Labute approximate surface area is 107 Å². The highest BCUT2D eigenvalue weighted by molar-refractivity contribution is 5.99. The van der Waals surface area contributed by atoms with E-state index in [1.54, 1.807) is 6.07 Å². The lowest BCUT2D eigenvalue weighted by Gasteiger charge is -2.08. The highest BCUT2D eigenvalue weighted by Crippen LogP contribution is 2.37. The number of amides is 2. The number of rotatable bonds is 2. The van der Waals surface area contributed by atoms with Crippen molar-refractivity contribution in [1.29, 1.82) is 0 Å². The van der Waals surface area contributed by atoms with Crippen molar-refractivity contribution < 1.29 is 20.1 Å².